The maximum Gasteiger partial charge on any atom is 0.328 e. The first-order chi connectivity index (χ1) is 14.7. The minimum absolute atomic E-state index is 0.937. The van der Waals surface area contributed by atoms with Gasteiger partial charge in [0.25, 0.3) is 0 Å². The number of benzene rings is 2. The number of aryl methyl sites for hydroxylation is 2. The highest BCUT2D eigenvalue weighted by Crippen LogP contribution is 2.25. The molecule has 0 fully saturated rings. The highest BCUT2D eigenvalue weighted by Gasteiger charge is 2.19. The predicted molar refractivity (Wildman–Crippen MR) is 106 cm³/mol. The lowest BCUT2D eigenvalue weighted by Gasteiger charge is -2.17. The molecular formula is C24H21ClN2O4. The van der Waals surface area contributed by atoms with Gasteiger partial charge >= 0.3 is 5.82 Å². The van der Waals surface area contributed by atoms with Crippen molar-refractivity contribution in [2.45, 2.75) is 13.8 Å². The third kappa shape index (κ3) is 6.42. The van der Waals surface area contributed by atoms with E-state index in [-0.39, 0.29) is 0 Å². The van der Waals surface area contributed by atoms with Crippen LogP contribution in [0.3, 0.4) is 0 Å². The van der Waals surface area contributed by atoms with Crippen LogP contribution < -0.4 is 23.2 Å². The normalized spacial score (nSPS) is 10.9. The average Bonchev–Trinajstić information content (AvgIpc) is 2.74. The smallest absolute Gasteiger partial charge is 0.222 e. The monoisotopic (exact) mass is 436 g/mol. The molecule has 4 rings (SSSR count). The summed E-state index contributed by atoms with van der Waals surface area (Å²) in [6, 6.07) is 29.7. The van der Waals surface area contributed by atoms with Crippen molar-refractivity contribution >= 4 is 0 Å². The molecule has 0 aliphatic carbocycles. The van der Waals surface area contributed by atoms with E-state index in [0.717, 1.165) is 22.8 Å². The fourth-order valence-corrected chi connectivity index (χ4v) is 3.25. The lowest BCUT2D eigenvalue weighted by atomic mass is 10.0. The van der Waals surface area contributed by atoms with Crippen LogP contribution in [0.4, 0.5) is 0 Å². The standard InChI is InChI=1S/C24H21N2.ClHO4/c1-18-13-14-24(25-17-18)26-19(2)15-22(20-9-5-3-6-10-20)16-23(26)21-11-7-4-8-12-21;2-1(3,4)5/h3-17H,1-2H3;(H,2,3,4,5)/q+1;/p-1. The van der Waals surface area contributed by atoms with Crippen molar-refractivity contribution in [1.82, 2.24) is 4.98 Å². The Morgan fingerprint density at radius 3 is 1.74 bits per heavy atom. The maximum atomic E-state index is 8.49. The summed E-state index contributed by atoms with van der Waals surface area (Å²) in [5, 5.41) is 0. The van der Waals surface area contributed by atoms with Gasteiger partial charge in [0.1, 0.15) is 17.6 Å². The molecule has 2 aromatic carbocycles. The van der Waals surface area contributed by atoms with E-state index in [0.29, 0.717) is 0 Å². The van der Waals surface area contributed by atoms with Gasteiger partial charge in [0, 0.05) is 11.6 Å². The largest absolute Gasteiger partial charge is 0.328 e. The molecule has 0 radical (unpaired) electrons. The van der Waals surface area contributed by atoms with Gasteiger partial charge in [-0.15, -0.1) is 10.2 Å². The molecule has 0 unspecified atom stereocenters. The van der Waals surface area contributed by atoms with Gasteiger partial charge in [0.05, 0.1) is 0 Å². The molecule has 0 saturated carbocycles. The number of nitrogens with zero attached hydrogens (tertiary/aromatic N) is 2. The van der Waals surface area contributed by atoms with Crippen molar-refractivity contribution < 1.29 is 33.4 Å². The Labute approximate surface area is 183 Å². The Kier molecular flexibility index (Phi) is 7.12. The van der Waals surface area contributed by atoms with E-state index in [1.54, 1.807) is 0 Å². The van der Waals surface area contributed by atoms with E-state index in [9.17, 15) is 0 Å². The molecule has 158 valence electrons. The number of aromatic nitrogens is 2. The van der Waals surface area contributed by atoms with Gasteiger partial charge in [-0.05, 0) is 53.7 Å². The van der Waals surface area contributed by atoms with Crippen LogP contribution in [0, 0.1) is 24.1 Å². The first-order valence-electron chi connectivity index (χ1n) is 9.45. The second kappa shape index (κ2) is 9.78. The fourth-order valence-electron chi connectivity index (χ4n) is 3.25. The zero-order valence-electron chi connectivity index (χ0n) is 17.1. The molecule has 0 saturated heterocycles. The molecule has 0 spiro atoms. The minimum atomic E-state index is -4.94. The van der Waals surface area contributed by atoms with Crippen molar-refractivity contribution in [2.75, 3.05) is 0 Å². The van der Waals surface area contributed by atoms with Gasteiger partial charge in [0.2, 0.25) is 0 Å². The van der Waals surface area contributed by atoms with Crippen molar-refractivity contribution in [1.29, 1.82) is 0 Å². The van der Waals surface area contributed by atoms with Crippen molar-refractivity contribution in [3.63, 3.8) is 0 Å². The van der Waals surface area contributed by atoms with Gasteiger partial charge < -0.3 is 0 Å². The Morgan fingerprint density at radius 1 is 0.677 bits per heavy atom. The van der Waals surface area contributed by atoms with Crippen molar-refractivity contribution in [3.05, 3.63) is 102 Å². The third-order valence-corrected chi connectivity index (χ3v) is 4.55. The van der Waals surface area contributed by atoms with E-state index in [1.807, 2.05) is 18.3 Å². The van der Waals surface area contributed by atoms with Crippen LogP contribution in [0.2, 0.25) is 0 Å². The molecular weight excluding hydrogens is 416 g/mol. The zero-order valence-corrected chi connectivity index (χ0v) is 17.8. The Hall–Kier alpha value is -3.13. The second-order valence-electron chi connectivity index (χ2n) is 6.91. The maximum absolute atomic E-state index is 8.49. The summed E-state index contributed by atoms with van der Waals surface area (Å²) in [6.07, 6.45) is 1.92. The van der Waals surface area contributed by atoms with E-state index < -0.39 is 10.2 Å². The van der Waals surface area contributed by atoms with E-state index in [1.165, 1.54) is 16.7 Å². The Bertz CT molecular complexity index is 1120. The third-order valence-electron chi connectivity index (χ3n) is 4.55. The quantitative estimate of drug-likeness (QED) is 0.436. The Morgan fingerprint density at radius 2 is 1.23 bits per heavy atom. The fraction of sp³-hybridized carbons (Fsp3) is 0.0833. The van der Waals surface area contributed by atoms with E-state index >= 15 is 0 Å². The molecule has 0 amide bonds. The van der Waals surface area contributed by atoms with Crippen LogP contribution >= 0.6 is 0 Å². The summed E-state index contributed by atoms with van der Waals surface area (Å²) in [5.74, 6) is 0.937. The Balaban J connectivity index is 0.000000491. The first-order valence-corrected chi connectivity index (χ1v) is 10.7. The van der Waals surface area contributed by atoms with Gasteiger partial charge in [-0.25, -0.2) is 18.6 Å². The van der Waals surface area contributed by atoms with Gasteiger partial charge in [-0.2, -0.15) is 4.57 Å². The molecule has 6 nitrogen and oxygen atoms in total. The number of hydrogen-bond acceptors (Lipinski definition) is 5. The lowest BCUT2D eigenvalue weighted by Crippen LogP contribution is -2.68. The van der Waals surface area contributed by atoms with Crippen LogP contribution in [-0.4, -0.2) is 4.98 Å². The number of halogens is 1. The summed E-state index contributed by atoms with van der Waals surface area (Å²) in [4.78, 5) is 4.66. The van der Waals surface area contributed by atoms with Crippen LogP contribution in [0.5, 0.6) is 0 Å². The molecule has 0 aliphatic heterocycles. The molecule has 0 bridgehead atoms. The minimum Gasteiger partial charge on any atom is -0.222 e. The number of rotatable bonds is 3. The SMILES string of the molecule is Cc1ccc(-[n+]2c(C)cc(-c3ccccc3)cc2-c2ccccc2)nc1.[O-][Cl+3]([O-])([O-])[O-]. The summed E-state index contributed by atoms with van der Waals surface area (Å²) in [5.41, 5.74) is 7.06. The molecule has 4 aromatic rings. The molecule has 0 N–H and O–H groups in total. The number of hydrogen-bond donors (Lipinski definition) is 0. The lowest BCUT2D eigenvalue weighted by molar-refractivity contribution is -2.00. The van der Waals surface area contributed by atoms with Crippen molar-refractivity contribution in [2.24, 2.45) is 0 Å². The van der Waals surface area contributed by atoms with Gasteiger partial charge in [-0.1, -0.05) is 60.7 Å². The highest BCUT2D eigenvalue weighted by molar-refractivity contribution is 5.69. The van der Waals surface area contributed by atoms with Crippen molar-refractivity contribution in [3.8, 4) is 28.2 Å². The molecule has 0 aliphatic rings. The van der Waals surface area contributed by atoms with E-state index in [2.05, 4.69) is 96.2 Å². The summed E-state index contributed by atoms with van der Waals surface area (Å²) in [6.45, 7) is 4.20. The topological polar surface area (TPSA) is 109 Å². The predicted octanol–water partition coefficient (Wildman–Crippen LogP) is 0.553. The van der Waals surface area contributed by atoms with E-state index in [4.69, 9.17) is 18.6 Å². The van der Waals surface area contributed by atoms with Gasteiger partial charge in [-0.3, -0.25) is 0 Å². The van der Waals surface area contributed by atoms with Crippen LogP contribution in [-0.2, 0) is 0 Å². The highest BCUT2D eigenvalue weighted by atomic mass is 35.7. The summed E-state index contributed by atoms with van der Waals surface area (Å²) < 4.78 is 36.2. The van der Waals surface area contributed by atoms with Crippen LogP contribution in [0.1, 0.15) is 11.3 Å². The average molecular weight is 437 g/mol. The van der Waals surface area contributed by atoms with Gasteiger partial charge in [0.15, 0.2) is 0 Å². The molecule has 2 aromatic heterocycles. The summed E-state index contributed by atoms with van der Waals surface area (Å²) in [7, 11) is -4.94. The molecule has 7 heteroatoms. The summed E-state index contributed by atoms with van der Waals surface area (Å²) >= 11 is 0. The van der Waals surface area contributed by atoms with Crippen LogP contribution in [0.25, 0.3) is 28.2 Å². The number of pyridine rings is 2. The second-order valence-corrected chi connectivity index (χ2v) is 7.67. The molecule has 0 atom stereocenters. The zero-order chi connectivity index (χ0) is 22.4. The van der Waals surface area contributed by atoms with Crippen LogP contribution in [0.15, 0.2) is 91.1 Å². The molecule has 31 heavy (non-hydrogen) atoms. The molecule has 2 heterocycles. The first kappa shape index (κ1) is 22.6.